The van der Waals surface area contributed by atoms with Crippen LogP contribution in [0.2, 0.25) is 0 Å². The Kier molecular flexibility index (Phi) is 2.62. The molecule has 0 bridgehead atoms. The topological polar surface area (TPSA) is 81.2 Å². The lowest BCUT2D eigenvalue weighted by molar-refractivity contribution is -0.390. The van der Waals surface area contributed by atoms with Crippen LogP contribution in [0.15, 0.2) is 6.33 Å². The molecule has 72 valence electrons. The average Bonchev–Trinajstić information content (AvgIpc) is 2.32. The molecule has 0 aliphatic rings. The van der Waals surface area contributed by atoms with Gasteiger partial charge in [-0.1, -0.05) is 0 Å². The summed E-state index contributed by atoms with van der Waals surface area (Å²) >= 11 is 0. The number of nitro groups is 1. The maximum Gasteiger partial charge on any atom is 0.384 e. The van der Waals surface area contributed by atoms with Crippen LogP contribution in [0, 0.1) is 10.1 Å². The van der Waals surface area contributed by atoms with Crippen LogP contribution >= 0.6 is 0 Å². The molecule has 1 rings (SSSR count). The van der Waals surface area contributed by atoms with E-state index in [-0.39, 0.29) is 12.2 Å². The summed E-state index contributed by atoms with van der Waals surface area (Å²) in [5, 5.41) is 19.6. The number of aliphatic hydroxyl groups is 1. The smallest absolute Gasteiger partial charge is 0.384 e. The first-order valence-electron chi connectivity index (χ1n) is 3.85. The van der Waals surface area contributed by atoms with Gasteiger partial charge in [-0.3, -0.25) is 0 Å². The third-order valence-corrected chi connectivity index (χ3v) is 1.70. The predicted molar refractivity (Wildman–Crippen MR) is 45.2 cm³/mol. The highest BCUT2D eigenvalue weighted by Crippen LogP contribution is 2.16. The Hall–Kier alpha value is -1.43. The highest BCUT2D eigenvalue weighted by Gasteiger charge is 2.20. The van der Waals surface area contributed by atoms with E-state index < -0.39 is 11.0 Å². The van der Waals surface area contributed by atoms with E-state index in [0.29, 0.717) is 5.69 Å². The minimum Gasteiger partial charge on any atom is -0.393 e. The second-order valence-corrected chi connectivity index (χ2v) is 2.94. The average molecular weight is 185 g/mol. The van der Waals surface area contributed by atoms with Crippen LogP contribution in [0.25, 0.3) is 0 Å². The first-order valence-corrected chi connectivity index (χ1v) is 3.85. The summed E-state index contributed by atoms with van der Waals surface area (Å²) in [5.74, 6) is -0.177. The van der Waals surface area contributed by atoms with E-state index in [1.54, 1.807) is 18.5 Å². The Morgan fingerprint density at radius 1 is 1.85 bits per heavy atom. The lowest BCUT2D eigenvalue weighted by Gasteiger charge is -2.03. The number of hydrogen-bond donors (Lipinski definition) is 1. The van der Waals surface area contributed by atoms with Gasteiger partial charge in [0.05, 0.1) is 6.10 Å². The summed E-state index contributed by atoms with van der Waals surface area (Å²) in [4.78, 5) is 13.5. The molecule has 0 fully saturated rings. The third-order valence-electron chi connectivity index (χ3n) is 1.70. The normalized spacial score (nSPS) is 12.8. The van der Waals surface area contributed by atoms with Crippen molar-refractivity contribution in [2.24, 2.45) is 7.05 Å². The number of imidazole rings is 1. The predicted octanol–water partition coefficient (Wildman–Crippen LogP) is 0.252. The molecule has 6 nitrogen and oxygen atoms in total. The van der Waals surface area contributed by atoms with Gasteiger partial charge in [0, 0.05) is 13.5 Å². The van der Waals surface area contributed by atoms with Gasteiger partial charge in [-0.05, 0) is 16.8 Å². The van der Waals surface area contributed by atoms with Gasteiger partial charge in [0.1, 0.15) is 5.69 Å². The fourth-order valence-electron chi connectivity index (χ4n) is 1.11. The quantitative estimate of drug-likeness (QED) is 0.540. The standard InChI is InChI=1S/C7H11N3O3/c1-5(11)3-6-7(10(12)13)8-4-9(6)2/h4-5,11H,3H2,1-2H3. The lowest BCUT2D eigenvalue weighted by Crippen LogP contribution is -2.09. The Balaban J connectivity index is 3.01. The summed E-state index contributed by atoms with van der Waals surface area (Å²) in [6.45, 7) is 1.58. The van der Waals surface area contributed by atoms with Crippen molar-refractivity contribution in [1.82, 2.24) is 9.55 Å². The van der Waals surface area contributed by atoms with Crippen LogP contribution in [0.3, 0.4) is 0 Å². The Labute approximate surface area is 75.0 Å². The van der Waals surface area contributed by atoms with Crippen molar-refractivity contribution < 1.29 is 10.0 Å². The molecule has 1 atom stereocenters. The van der Waals surface area contributed by atoms with Crippen LogP contribution in [0.1, 0.15) is 12.6 Å². The molecular formula is C7H11N3O3. The van der Waals surface area contributed by atoms with Gasteiger partial charge in [0.2, 0.25) is 6.33 Å². The van der Waals surface area contributed by atoms with E-state index in [4.69, 9.17) is 5.11 Å². The third kappa shape index (κ3) is 2.03. The maximum atomic E-state index is 10.5. The van der Waals surface area contributed by atoms with Gasteiger partial charge in [-0.25, -0.2) is 0 Å². The Bertz CT molecular complexity index is 319. The van der Waals surface area contributed by atoms with Gasteiger partial charge in [0.15, 0.2) is 0 Å². The second-order valence-electron chi connectivity index (χ2n) is 2.94. The van der Waals surface area contributed by atoms with E-state index in [1.807, 2.05) is 0 Å². The zero-order chi connectivity index (χ0) is 10.0. The molecule has 0 spiro atoms. The summed E-state index contributed by atoms with van der Waals surface area (Å²) in [6.07, 6.45) is 1.01. The van der Waals surface area contributed by atoms with E-state index in [1.165, 1.54) is 6.33 Å². The molecule has 0 radical (unpaired) electrons. The molecule has 0 aliphatic carbocycles. The van der Waals surface area contributed by atoms with E-state index in [0.717, 1.165) is 0 Å². The largest absolute Gasteiger partial charge is 0.393 e. The first-order chi connectivity index (χ1) is 6.02. The van der Waals surface area contributed by atoms with Gasteiger partial charge >= 0.3 is 5.82 Å². The zero-order valence-electron chi connectivity index (χ0n) is 7.47. The molecule has 13 heavy (non-hydrogen) atoms. The van der Waals surface area contributed by atoms with Crippen molar-refractivity contribution >= 4 is 5.82 Å². The lowest BCUT2D eigenvalue weighted by atomic mass is 10.2. The highest BCUT2D eigenvalue weighted by atomic mass is 16.6. The minimum absolute atomic E-state index is 0.177. The molecule has 0 amide bonds. The fraction of sp³-hybridized carbons (Fsp3) is 0.571. The van der Waals surface area contributed by atoms with Gasteiger partial charge < -0.3 is 19.8 Å². The van der Waals surface area contributed by atoms with Crippen LogP contribution in [0.4, 0.5) is 5.82 Å². The SMILES string of the molecule is CC(O)Cc1c([N+](=O)[O-])ncn1C. The molecule has 0 saturated carbocycles. The number of rotatable bonds is 3. The molecule has 6 heteroatoms. The number of aliphatic hydroxyl groups excluding tert-OH is 1. The fourth-order valence-corrected chi connectivity index (χ4v) is 1.11. The van der Waals surface area contributed by atoms with Crippen LogP contribution in [-0.2, 0) is 13.5 Å². The summed E-state index contributed by atoms with van der Waals surface area (Å²) in [5.41, 5.74) is 0.444. The zero-order valence-corrected chi connectivity index (χ0v) is 7.47. The number of aryl methyl sites for hydroxylation is 1. The molecule has 1 aromatic rings. The molecular weight excluding hydrogens is 174 g/mol. The number of aromatic nitrogens is 2. The van der Waals surface area contributed by atoms with Crippen LogP contribution in [-0.4, -0.2) is 25.7 Å². The van der Waals surface area contributed by atoms with Crippen molar-refractivity contribution in [2.75, 3.05) is 0 Å². The maximum absolute atomic E-state index is 10.5. The van der Waals surface area contributed by atoms with Crippen molar-refractivity contribution in [1.29, 1.82) is 0 Å². The summed E-state index contributed by atoms with van der Waals surface area (Å²) in [6, 6.07) is 0. The monoisotopic (exact) mass is 185 g/mol. The van der Waals surface area contributed by atoms with E-state index >= 15 is 0 Å². The van der Waals surface area contributed by atoms with E-state index in [2.05, 4.69) is 4.98 Å². The molecule has 1 heterocycles. The van der Waals surface area contributed by atoms with Crippen LogP contribution < -0.4 is 0 Å². The molecule has 0 aromatic carbocycles. The highest BCUT2D eigenvalue weighted by molar-refractivity contribution is 5.27. The van der Waals surface area contributed by atoms with Gasteiger partial charge in [-0.2, -0.15) is 0 Å². The van der Waals surface area contributed by atoms with Crippen LogP contribution in [0.5, 0.6) is 0 Å². The van der Waals surface area contributed by atoms with Gasteiger partial charge in [-0.15, -0.1) is 0 Å². The van der Waals surface area contributed by atoms with Crippen molar-refractivity contribution in [3.05, 3.63) is 22.1 Å². The molecule has 1 aromatic heterocycles. The van der Waals surface area contributed by atoms with Crippen molar-refractivity contribution in [2.45, 2.75) is 19.4 Å². The minimum atomic E-state index is -0.603. The summed E-state index contributed by atoms with van der Waals surface area (Å²) < 4.78 is 1.55. The van der Waals surface area contributed by atoms with Crippen molar-refractivity contribution in [3.63, 3.8) is 0 Å². The Morgan fingerprint density at radius 2 is 2.46 bits per heavy atom. The molecule has 0 aliphatic heterocycles. The molecule has 1 N–H and O–H groups in total. The number of nitrogens with zero attached hydrogens (tertiary/aromatic N) is 3. The Morgan fingerprint density at radius 3 is 2.92 bits per heavy atom. The molecule has 1 unspecified atom stereocenters. The van der Waals surface area contributed by atoms with E-state index in [9.17, 15) is 10.1 Å². The van der Waals surface area contributed by atoms with Gasteiger partial charge in [0.25, 0.3) is 0 Å². The second kappa shape index (κ2) is 3.53. The summed E-state index contributed by atoms with van der Waals surface area (Å²) in [7, 11) is 1.66. The van der Waals surface area contributed by atoms with Crippen molar-refractivity contribution in [3.8, 4) is 0 Å². The first kappa shape index (κ1) is 9.66. The number of hydrogen-bond acceptors (Lipinski definition) is 4. The molecule has 0 saturated heterocycles.